The number of likely N-dealkylation sites (tertiary alicyclic amines) is 1. The molecule has 138 valence electrons. The second kappa shape index (κ2) is 6.81. The van der Waals surface area contributed by atoms with Crippen molar-refractivity contribution < 1.29 is 14.3 Å². The number of hydrogen-bond donors (Lipinski definition) is 0. The first-order valence-electron chi connectivity index (χ1n) is 9.03. The maximum Gasteiger partial charge on any atom is 0.274 e. The zero-order chi connectivity index (χ0) is 18.1. The van der Waals surface area contributed by atoms with E-state index < -0.39 is 0 Å². The molecule has 2 heterocycles. The van der Waals surface area contributed by atoms with Gasteiger partial charge in [0, 0.05) is 20.8 Å². The number of fused-ring (bicyclic) bond motifs is 1. The molecular formula is C19H24N4O3. The van der Waals surface area contributed by atoms with E-state index in [-0.39, 0.29) is 23.7 Å². The average Bonchev–Trinajstić information content (AvgIpc) is 3.33. The van der Waals surface area contributed by atoms with E-state index in [1.54, 1.807) is 25.1 Å². The predicted molar refractivity (Wildman–Crippen MR) is 95.2 cm³/mol. The molecule has 0 bridgehead atoms. The molecule has 1 aromatic heterocycles. The fourth-order valence-electron chi connectivity index (χ4n) is 4.41. The lowest BCUT2D eigenvalue weighted by atomic mass is 9.79. The lowest BCUT2D eigenvalue weighted by Crippen LogP contribution is -2.53. The van der Waals surface area contributed by atoms with Crippen LogP contribution in [0.25, 0.3) is 5.69 Å². The van der Waals surface area contributed by atoms with E-state index in [0.29, 0.717) is 12.2 Å². The van der Waals surface area contributed by atoms with Crippen LogP contribution in [0.5, 0.6) is 0 Å². The monoisotopic (exact) mass is 356 g/mol. The number of amides is 1. The predicted octanol–water partition coefficient (Wildman–Crippen LogP) is 2.07. The van der Waals surface area contributed by atoms with Crippen LogP contribution in [0.15, 0.2) is 36.5 Å². The van der Waals surface area contributed by atoms with Crippen molar-refractivity contribution in [2.45, 2.75) is 43.4 Å². The minimum Gasteiger partial charge on any atom is -0.381 e. The zero-order valence-electron chi connectivity index (χ0n) is 15.2. The Morgan fingerprint density at radius 2 is 2.04 bits per heavy atom. The lowest BCUT2D eigenvalue weighted by Gasteiger charge is -2.43. The third-order valence-electron chi connectivity index (χ3n) is 5.90. The molecule has 1 aliphatic heterocycles. The van der Waals surface area contributed by atoms with Gasteiger partial charge in [0.25, 0.3) is 5.91 Å². The van der Waals surface area contributed by atoms with Crippen molar-refractivity contribution in [2.75, 3.05) is 20.8 Å². The molecule has 2 aromatic rings. The van der Waals surface area contributed by atoms with E-state index in [1.165, 1.54) is 0 Å². The molecule has 7 nitrogen and oxygen atoms in total. The first-order valence-corrected chi connectivity index (χ1v) is 9.03. The molecule has 0 radical (unpaired) electrons. The second-order valence-electron chi connectivity index (χ2n) is 7.03. The normalized spacial score (nSPS) is 28.2. The molecule has 1 saturated heterocycles. The van der Waals surface area contributed by atoms with Crippen molar-refractivity contribution in [1.82, 2.24) is 19.9 Å². The van der Waals surface area contributed by atoms with Gasteiger partial charge in [-0.15, -0.1) is 5.10 Å². The Kier molecular flexibility index (Phi) is 4.50. The van der Waals surface area contributed by atoms with Crippen molar-refractivity contribution in [3.05, 3.63) is 42.2 Å². The molecule has 2 fully saturated rings. The maximum absolute atomic E-state index is 13.3. The van der Waals surface area contributed by atoms with Crippen LogP contribution < -0.4 is 0 Å². The first kappa shape index (κ1) is 17.2. The van der Waals surface area contributed by atoms with Crippen LogP contribution in [0.1, 0.15) is 36.2 Å². The summed E-state index contributed by atoms with van der Waals surface area (Å²) in [5.74, 6) is -0.0560. The van der Waals surface area contributed by atoms with Crippen molar-refractivity contribution in [3.63, 3.8) is 0 Å². The molecule has 0 N–H and O–H groups in total. The molecule has 1 saturated carbocycles. The Morgan fingerprint density at radius 3 is 2.77 bits per heavy atom. The summed E-state index contributed by atoms with van der Waals surface area (Å²) in [4.78, 5) is 15.3. The fourth-order valence-corrected chi connectivity index (χ4v) is 4.41. The van der Waals surface area contributed by atoms with Crippen molar-refractivity contribution >= 4 is 5.91 Å². The van der Waals surface area contributed by atoms with Gasteiger partial charge in [0.05, 0.1) is 29.6 Å². The molecule has 4 rings (SSSR count). The number of nitrogens with zero attached hydrogens (tertiary/aromatic N) is 4. The quantitative estimate of drug-likeness (QED) is 0.839. The molecule has 2 aliphatic rings. The van der Waals surface area contributed by atoms with Crippen LogP contribution in [0, 0.1) is 0 Å². The highest BCUT2D eigenvalue weighted by Gasteiger charge is 2.53. The Bertz CT molecular complexity index is 778. The summed E-state index contributed by atoms with van der Waals surface area (Å²) in [5, 5.41) is 8.09. The van der Waals surface area contributed by atoms with Gasteiger partial charge < -0.3 is 14.4 Å². The number of ether oxygens (including phenoxy) is 2. The van der Waals surface area contributed by atoms with Crippen LogP contribution in [-0.2, 0) is 9.47 Å². The van der Waals surface area contributed by atoms with E-state index in [0.717, 1.165) is 31.4 Å². The standard InChI is InChI=1S/C19H24N4O3/c1-25-15-8-9-19(26-2)10-11-22(17(19)12-15)18(24)16-13-20-21-23(16)14-6-4-3-5-7-14/h3-7,13,15,17H,8-12H2,1-2H3/t15-,17+,19-/m0/s1. The minimum absolute atomic E-state index is 0.0119. The van der Waals surface area contributed by atoms with Gasteiger partial charge in [-0.3, -0.25) is 4.79 Å². The molecule has 0 unspecified atom stereocenters. The lowest BCUT2D eigenvalue weighted by molar-refractivity contribution is -0.0894. The highest BCUT2D eigenvalue weighted by atomic mass is 16.5. The van der Waals surface area contributed by atoms with E-state index in [1.807, 2.05) is 35.2 Å². The number of aromatic nitrogens is 3. The number of rotatable bonds is 4. The summed E-state index contributed by atoms with van der Waals surface area (Å²) >= 11 is 0. The number of hydrogen-bond acceptors (Lipinski definition) is 5. The van der Waals surface area contributed by atoms with E-state index in [4.69, 9.17) is 9.47 Å². The average molecular weight is 356 g/mol. The maximum atomic E-state index is 13.3. The minimum atomic E-state index is -0.268. The van der Waals surface area contributed by atoms with Gasteiger partial charge in [-0.25, -0.2) is 4.68 Å². The number of benzene rings is 1. The van der Waals surface area contributed by atoms with Crippen molar-refractivity contribution in [3.8, 4) is 5.69 Å². The number of para-hydroxylation sites is 1. The zero-order valence-corrected chi connectivity index (χ0v) is 15.2. The fraction of sp³-hybridized carbons (Fsp3) is 0.526. The van der Waals surface area contributed by atoms with Crippen molar-refractivity contribution in [1.29, 1.82) is 0 Å². The summed E-state index contributed by atoms with van der Waals surface area (Å²) in [7, 11) is 3.49. The summed E-state index contributed by atoms with van der Waals surface area (Å²) in [6.45, 7) is 0.674. The molecular weight excluding hydrogens is 332 g/mol. The van der Waals surface area contributed by atoms with E-state index in [9.17, 15) is 4.79 Å². The van der Waals surface area contributed by atoms with Gasteiger partial charge in [0.2, 0.25) is 0 Å². The third kappa shape index (κ3) is 2.71. The Balaban J connectivity index is 1.64. The third-order valence-corrected chi connectivity index (χ3v) is 5.90. The van der Waals surface area contributed by atoms with Gasteiger partial charge in [0.15, 0.2) is 5.69 Å². The first-order chi connectivity index (χ1) is 12.7. The van der Waals surface area contributed by atoms with Crippen LogP contribution >= 0.6 is 0 Å². The summed E-state index contributed by atoms with van der Waals surface area (Å²) in [6, 6.07) is 9.61. The summed E-state index contributed by atoms with van der Waals surface area (Å²) in [5.41, 5.74) is 1.03. The van der Waals surface area contributed by atoms with Gasteiger partial charge in [-0.2, -0.15) is 0 Å². The Morgan fingerprint density at radius 1 is 1.23 bits per heavy atom. The van der Waals surface area contributed by atoms with Crippen LogP contribution in [0.2, 0.25) is 0 Å². The van der Waals surface area contributed by atoms with Crippen LogP contribution in [0.3, 0.4) is 0 Å². The molecule has 7 heteroatoms. The van der Waals surface area contributed by atoms with Gasteiger partial charge >= 0.3 is 0 Å². The van der Waals surface area contributed by atoms with E-state index >= 15 is 0 Å². The summed E-state index contributed by atoms with van der Waals surface area (Å²) in [6.07, 6.45) is 5.22. The van der Waals surface area contributed by atoms with Gasteiger partial charge in [-0.1, -0.05) is 23.4 Å². The number of methoxy groups -OCH3 is 2. The van der Waals surface area contributed by atoms with Crippen LogP contribution in [-0.4, -0.2) is 64.3 Å². The summed E-state index contributed by atoms with van der Waals surface area (Å²) < 4.78 is 13.1. The molecule has 1 aromatic carbocycles. The van der Waals surface area contributed by atoms with Gasteiger partial charge in [0.1, 0.15) is 0 Å². The highest BCUT2D eigenvalue weighted by Crippen LogP contribution is 2.43. The molecule has 1 amide bonds. The topological polar surface area (TPSA) is 69.5 Å². The van der Waals surface area contributed by atoms with Crippen LogP contribution in [0.4, 0.5) is 0 Å². The van der Waals surface area contributed by atoms with Crippen molar-refractivity contribution in [2.24, 2.45) is 0 Å². The molecule has 26 heavy (non-hydrogen) atoms. The Hall–Kier alpha value is -2.25. The molecule has 1 aliphatic carbocycles. The molecule has 0 spiro atoms. The largest absolute Gasteiger partial charge is 0.381 e. The Labute approximate surface area is 152 Å². The number of carbonyl (C=O) groups excluding carboxylic acids is 1. The highest BCUT2D eigenvalue weighted by molar-refractivity contribution is 5.93. The van der Waals surface area contributed by atoms with E-state index in [2.05, 4.69) is 10.3 Å². The number of carbonyl (C=O) groups is 1. The SMILES string of the molecule is CO[C@H]1CC[C@]2(OC)CCN(C(=O)c3cnnn3-c3ccccc3)[C@@H]2C1. The molecule has 3 atom stereocenters. The smallest absolute Gasteiger partial charge is 0.274 e. The van der Waals surface area contributed by atoms with Gasteiger partial charge in [-0.05, 0) is 37.8 Å². The second-order valence-corrected chi connectivity index (χ2v) is 7.03.